The van der Waals surface area contributed by atoms with E-state index in [-0.39, 0.29) is 23.2 Å². The number of carbonyl (C=O) groups is 2. The third-order valence-corrected chi connectivity index (χ3v) is 5.03. The molecular weight excluding hydrogens is 468 g/mol. The van der Waals surface area contributed by atoms with E-state index in [1.807, 2.05) is 0 Å². The number of amides is 2. The number of benzene rings is 2. The van der Waals surface area contributed by atoms with Crippen molar-refractivity contribution in [2.24, 2.45) is 10.2 Å². The summed E-state index contributed by atoms with van der Waals surface area (Å²) in [5.74, 6) is -0.446. The molecule has 0 atom stereocenters. The molecule has 0 bridgehead atoms. The van der Waals surface area contributed by atoms with Crippen molar-refractivity contribution in [2.45, 2.75) is 51.4 Å². The van der Waals surface area contributed by atoms with Gasteiger partial charge in [-0.25, -0.2) is 10.9 Å². The Labute approximate surface area is 207 Å². The van der Waals surface area contributed by atoms with Crippen LogP contribution in [0, 0.1) is 20.2 Å². The Morgan fingerprint density at radius 1 is 0.694 bits per heavy atom. The number of nitro groups is 2. The maximum atomic E-state index is 11.8. The Hall–Kier alpha value is -4.48. The van der Waals surface area contributed by atoms with Crippen LogP contribution in [0.1, 0.15) is 62.5 Å². The fourth-order valence-corrected chi connectivity index (χ4v) is 3.18. The van der Waals surface area contributed by atoms with Crippen LogP contribution >= 0.6 is 0 Å². The van der Waals surface area contributed by atoms with Crippen molar-refractivity contribution < 1.29 is 19.4 Å². The molecule has 2 N–H and O–H groups in total. The summed E-state index contributed by atoms with van der Waals surface area (Å²) < 4.78 is 0. The van der Waals surface area contributed by atoms with Gasteiger partial charge in [-0.1, -0.05) is 49.9 Å². The zero-order chi connectivity index (χ0) is 26.2. The zero-order valence-corrected chi connectivity index (χ0v) is 19.7. The number of unbranched alkanes of at least 4 members (excludes halogenated alkanes) is 5. The third-order valence-electron chi connectivity index (χ3n) is 5.03. The molecule has 12 nitrogen and oxygen atoms in total. The predicted octanol–water partition coefficient (Wildman–Crippen LogP) is 4.22. The first-order valence-electron chi connectivity index (χ1n) is 11.5. The van der Waals surface area contributed by atoms with Crippen LogP contribution in [0.15, 0.2) is 58.7 Å². The minimum atomic E-state index is -0.495. The summed E-state index contributed by atoms with van der Waals surface area (Å²) in [7, 11) is 0. The normalized spacial score (nSPS) is 11.0. The summed E-state index contributed by atoms with van der Waals surface area (Å²) in [6.45, 7) is 0. The summed E-state index contributed by atoms with van der Waals surface area (Å²) >= 11 is 0. The molecule has 12 heteroatoms. The minimum Gasteiger partial charge on any atom is -0.273 e. The van der Waals surface area contributed by atoms with E-state index in [0.29, 0.717) is 36.8 Å². The van der Waals surface area contributed by atoms with E-state index in [1.165, 1.54) is 36.7 Å². The van der Waals surface area contributed by atoms with Crippen LogP contribution in [0.2, 0.25) is 0 Å². The molecule has 2 aromatic rings. The van der Waals surface area contributed by atoms with Gasteiger partial charge in [0.15, 0.2) is 0 Å². The second-order valence-electron chi connectivity index (χ2n) is 7.91. The number of hydrogen-bond acceptors (Lipinski definition) is 8. The van der Waals surface area contributed by atoms with Gasteiger partial charge in [-0.15, -0.1) is 0 Å². The molecule has 2 aromatic carbocycles. The maximum Gasteiger partial charge on any atom is 0.270 e. The molecule has 2 amide bonds. The summed E-state index contributed by atoms with van der Waals surface area (Å²) in [5, 5.41) is 29.2. The Balaban J connectivity index is 1.49. The van der Waals surface area contributed by atoms with Gasteiger partial charge in [0.1, 0.15) is 0 Å². The van der Waals surface area contributed by atoms with E-state index in [9.17, 15) is 29.8 Å². The fourth-order valence-electron chi connectivity index (χ4n) is 3.18. The number of nitrogens with zero attached hydrogens (tertiary/aromatic N) is 4. The summed E-state index contributed by atoms with van der Waals surface area (Å²) in [6.07, 6.45) is 8.45. The van der Waals surface area contributed by atoms with Gasteiger partial charge in [0.25, 0.3) is 11.4 Å². The largest absolute Gasteiger partial charge is 0.273 e. The van der Waals surface area contributed by atoms with E-state index in [2.05, 4.69) is 21.1 Å². The molecule has 0 aliphatic rings. The Morgan fingerprint density at radius 3 is 1.47 bits per heavy atom. The first kappa shape index (κ1) is 27.8. The predicted molar refractivity (Wildman–Crippen MR) is 135 cm³/mol. The van der Waals surface area contributed by atoms with Crippen molar-refractivity contribution in [3.8, 4) is 0 Å². The van der Waals surface area contributed by atoms with Crippen LogP contribution < -0.4 is 10.9 Å². The highest BCUT2D eigenvalue weighted by molar-refractivity contribution is 5.83. The standard InChI is InChI=1S/C24H28N6O6/c31-23(27-25-17-19-9-7-11-21(15-19)29(33)34)13-5-3-1-2-4-6-14-24(32)28-26-18-20-10-8-12-22(16-20)30(35)36/h7-12,15-18H,1-6,13-14H2,(H,27,31)(H,28,32). The monoisotopic (exact) mass is 496 g/mol. The minimum absolute atomic E-state index is 0.0440. The highest BCUT2D eigenvalue weighted by atomic mass is 16.6. The lowest BCUT2D eigenvalue weighted by Gasteiger charge is -2.02. The highest BCUT2D eigenvalue weighted by Gasteiger charge is 2.06. The van der Waals surface area contributed by atoms with Gasteiger partial charge >= 0.3 is 0 Å². The second-order valence-corrected chi connectivity index (χ2v) is 7.91. The lowest BCUT2D eigenvalue weighted by atomic mass is 10.1. The SMILES string of the molecule is O=C(CCCCCCCCC(=O)NN=Cc1cccc([N+](=O)[O-])c1)NN=Cc1cccc([N+](=O)[O-])c1. The summed E-state index contributed by atoms with van der Waals surface area (Å²) in [4.78, 5) is 44.2. The molecule has 0 heterocycles. The van der Waals surface area contributed by atoms with Crippen molar-refractivity contribution in [3.63, 3.8) is 0 Å². The topological polar surface area (TPSA) is 169 Å². The van der Waals surface area contributed by atoms with Crippen molar-refractivity contribution >= 4 is 35.6 Å². The molecule has 0 fully saturated rings. The van der Waals surface area contributed by atoms with Crippen molar-refractivity contribution in [1.29, 1.82) is 0 Å². The van der Waals surface area contributed by atoms with Gasteiger partial charge < -0.3 is 0 Å². The number of non-ortho nitro benzene ring substituents is 2. The quantitative estimate of drug-likeness (QED) is 0.162. The summed E-state index contributed by atoms with van der Waals surface area (Å²) in [5.41, 5.74) is 5.78. The number of hydrazone groups is 2. The molecule has 0 saturated carbocycles. The Kier molecular flexibility index (Phi) is 11.9. The maximum absolute atomic E-state index is 11.8. The summed E-state index contributed by atoms with van der Waals surface area (Å²) in [6, 6.07) is 11.9. The van der Waals surface area contributed by atoms with E-state index < -0.39 is 9.85 Å². The smallest absolute Gasteiger partial charge is 0.270 e. The van der Waals surface area contributed by atoms with Crippen LogP contribution in [0.5, 0.6) is 0 Å². The van der Waals surface area contributed by atoms with Crippen LogP contribution in [0.4, 0.5) is 11.4 Å². The van der Waals surface area contributed by atoms with Crippen molar-refractivity contribution in [1.82, 2.24) is 10.9 Å². The number of rotatable bonds is 15. The molecular formula is C24H28N6O6. The average molecular weight is 497 g/mol. The van der Waals surface area contributed by atoms with E-state index in [0.717, 1.165) is 25.7 Å². The molecule has 2 rings (SSSR count). The first-order chi connectivity index (χ1) is 17.3. The van der Waals surface area contributed by atoms with E-state index >= 15 is 0 Å². The number of nitrogens with one attached hydrogen (secondary N) is 2. The van der Waals surface area contributed by atoms with E-state index in [1.54, 1.807) is 24.3 Å². The number of carbonyl (C=O) groups excluding carboxylic acids is 2. The third kappa shape index (κ3) is 11.1. The lowest BCUT2D eigenvalue weighted by molar-refractivity contribution is -0.385. The van der Waals surface area contributed by atoms with Crippen LogP contribution in [0.3, 0.4) is 0 Å². The molecule has 0 aliphatic carbocycles. The molecule has 190 valence electrons. The number of hydrogen-bond donors (Lipinski definition) is 2. The first-order valence-corrected chi connectivity index (χ1v) is 11.5. The molecule has 0 saturated heterocycles. The van der Waals surface area contributed by atoms with Crippen LogP contribution in [0.25, 0.3) is 0 Å². The van der Waals surface area contributed by atoms with Gasteiger partial charge in [-0.05, 0) is 12.8 Å². The van der Waals surface area contributed by atoms with Crippen molar-refractivity contribution in [2.75, 3.05) is 0 Å². The van der Waals surface area contributed by atoms with Gasteiger partial charge in [0.2, 0.25) is 11.8 Å². The second kappa shape index (κ2) is 15.4. The van der Waals surface area contributed by atoms with Crippen molar-refractivity contribution in [3.05, 3.63) is 79.9 Å². The average Bonchev–Trinajstić information content (AvgIpc) is 2.86. The Morgan fingerprint density at radius 2 is 1.08 bits per heavy atom. The van der Waals surface area contributed by atoms with Gasteiger partial charge in [0, 0.05) is 48.2 Å². The van der Waals surface area contributed by atoms with Crippen LogP contribution in [-0.2, 0) is 9.59 Å². The fraction of sp³-hybridized carbons (Fsp3) is 0.333. The van der Waals surface area contributed by atoms with Crippen LogP contribution in [-0.4, -0.2) is 34.1 Å². The highest BCUT2D eigenvalue weighted by Crippen LogP contribution is 2.12. The molecule has 0 unspecified atom stereocenters. The van der Waals surface area contributed by atoms with Gasteiger partial charge in [-0.3, -0.25) is 29.8 Å². The van der Waals surface area contributed by atoms with E-state index in [4.69, 9.17) is 0 Å². The Bertz CT molecular complexity index is 1030. The molecule has 36 heavy (non-hydrogen) atoms. The number of nitro benzene ring substituents is 2. The molecule has 0 radical (unpaired) electrons. The lowest BCUT2D eigenvalue weighted by Crippen LogP contribution is -2.17. The van der Waals surface area contributed by atoms with Gasteiger partial charge in [-0.2, -0.15) is 10.2 Å². The molecule has 0 spiro atoms. The molecule has 0 aromatic heterocycles. The zero-order valence-electron chi connectivity index (χ0n) is 19.7. The molecule has 0 aliphatic heterocycles. The van der Waals surface area contributed by atoms with Gasteiger partial charge in [0.05, 0.1) is 22.3 Å².